The molecule has 1 aliphatic heterocycles. The lowest BCUT2D eigenvalue weighted by atomic mass is 10.1. The van der Waals surface area contributed by atoms with Crippen LogP contribution >= 0.6 is 0 Å². The van der Waals surface area contributed by atoms with Crippen LogP contribution in [0.5, 0.6) is 5.75 Å². The van der Waals surface area contributed by atoms with Crippen LogP contribution in [0.3, 0.4) is 0 Å². The highest BCUT2D eigenvalue weighted by molar-refractivity contribution is 7.89. The van der Waals surface area contributed by atoms with Gasteiger partial charge in [-0.25, -0.2) is 13.1 Å². The number of ether oxygens (including phenoxy) is 2. The molecule has 2 aromatic carbocycles. The summed E-state index contributed by atoms with van der Waals surface area (Å²) in [5, 5.41) is 1.44. The molecule has 1 atom stereocenters. The van der Waals surface area contributed by atoms with Crippen molar-refractivity contribution >= 4 is 20.8 Å². The zero-order valence-electron chi connectivity index (χ0n) is 12.4. The second-order valence-electron chi connectivity index (χ2n) is 5.30. The molecule has 2 aromatic rings. The fourth-order valence-electron chi connectivity index (χ4n) is 2.74. The van der Waals surface area contributed by atoms with E-state index in [-0.39, 0.29) is 11.0 Å². The standard InChI is InChI=1S/C16H19NO4S/c1-20-15-8-9-16(14-7-3-2-6-13(14)15)22(18,19)17-11-12-5-4-10-21-12/h2-3,6-9,12,17H,4-5,10-11H2,1H3/t12-/m1/s1. The van der Waals surface area contributed by atoms with Gasteiger partial charge in [0.25, 0.3) is 0 Å². The molecule has 1 fully saturated rings. The van der Waals surface area contributed by atoms with Gasteiger partial charge < -0.3 is 9.47 Å². The number of rotatable bonds is 5. The normalized spacial score (nSPS) is 18.7. The Bertz CT molecular complexity index is 767. The molecule has 1 N–H and O–H groups in total. The SMILES string of the molecule is COc1ccc(S(=O)(=O)NC[C@H]2CCCO2)c2ccccc12. The van der Waals surface area contributed by atoms with Crippen LogP contribution in [0.1, 0.15) is 12.8 Å². The molecule has 1 saturated heterocycles. The van der Waals surface area contributed by atoms with Gasteiger partial charge in [-0.1, -0.05) is 24.3 Å². The molecular formula is C16H19NO4S. The molecule has 0 bridgehead atoms. The van der Waals surface area contributed by atoms with Gasteiger partial charge in [0.1, 0.15) is 5.75 Å². The maximum Gasteiger partial charge on any atom is 0.241 e. The van der Waals surface area contributed by atoms with E-state index in [1.807, 2.05) is 18.2 Å². The fraction of sp³-hybridized carbons (Fsp3) is 0.375. The Labute approximate surface area is 130 Å². The van der Waals surface area contributed by atoms with Crippen LogP contribution in [0, 0.1) is 0 Å². The number of sulfonamides is 1. The highest BCUT2D eigenvalue weighted by atomic mass is 32.2. The first-order valence-electron chi connectivity index (χ1n) is 7.29. The number of nitrogens with one attached hydrogen (secondary N) is 1. The summed E-state index contributed by atoms with van der Waals surface area (Å²) in [7, 11) is -2.01. The number of hydrogen-bond acceptors (Lipinski definition) is 4. The van der Waals surface area contributed by atoms with Crippen molar-refractivity contribution in [3.8, 4) is 5.75 Å². The second kappa shape index (κ2) is 6.24. The van der Waals surface area contributed by atoms with Crippen LogP contribution in [0.2, 0.25) is 0 Å². The summed E-state index contributed by atoms with van der Waals surface area (Å²) in [5.41, 5.74) is 0. The van der Waals surface area contributed by atoms with Crippen molar-refractivity contribution in [2.24, 2.45) is 0 Å². The van der Waals surface area contributed by atoms with Crippen molar-refractivity contribution in [3.05, 3.63) is 36.4 Å². The fourth-order valence-corrected chi connectivity index (χ4v) is 4.02. The molecule has 5 nitrogen and oxygen atoms in total. The molecule has 22 heavy (non-hydrogen) atoms. The lowest BCUT2D eigenvalue weighted by molar-refractivity contribution is 0.114. The second-order valence-corrected chi connectivity index (χ2v) is 7.03. The Morgan fingerprint density at radius 3 is 2.68 bits per heavy atom. The molecule has 0 aromatic heterocycles. The lowest BCUT2D eigenvalue weighted by Crippen LogP contribution is -2.31. The van der Waals surface area contributed by atoms with Crippen molar-refractivity contribution in [1.82, 2.24) is 4.72 Å². The lowest BCUT2D eigenvalue weighted by Gasteiger charge is -2.14. The number of fused-ring (bicyclic) bond motifs is 1. The zero-order valence-corrected chi connectivity index (χ0v) is 13.2. The monoisotopic (exact) mass is 321 g/mol. The minimum absolute atomic E-state index is 0.0284. The molecule has 1 aliphatic rings. The maximum atomic E-state index is 12.6. The average Bonchev–Trinajstić information content (AvgIpc) is 3.05. The van der Waals surface area contributed by atoms with E-state index in [1.165, 1.54) is 0 Å². The third-order valence-electron chi connectivity index (χ3n) is 3.88. The van der Waals surface area contributed by atoms with Crippen molar-refractivity contribution in [1.29, 1.82) is 0 Å². The van der Waals surface area contributed by atoms with Crippen molar-refractivity contribution < 1.29 is 17.9 Å². The Balaban J connectivity index is 1.94. The highest BCUT2D eigenvalue weighted by Gasteiger charge is 2.22. The van der Waals surface area contributed by atoms with E-state index in [2.05, 4.69) is 4.72 Å². The van der Waals surface area contributed by atoms with Gasteiger partial charge >= 0.3 is 0 Å². The van der Waals surface area contributed by atoms with E-state index >= 15 is 0 Å². The Kier molecular flexibility index (Phi) is 4.33. The summed E-state index contributed by atoms with van der Waals surface area (Å²) >= 11 is 0. The maximum absolute atomic E-state index is 12.6. The average molecular weight is 321 g/mol. The summed E-state index contributed by atoms with van der Waals surface area (Å²) in [5.74, 6) is 0.661. The summed E-state index contributed by atoms with van der Waals surface area (Å²) in [4.78, 5) is 0.266. The quantitative estimate of drug-likeness (QED) is 0.918. The molecule has 0 radical (unpaired) electrons. The zero-order chi connectivity index (χ0) is 15.6. The Hall–Kier alpha value is -1.63. The molecule has 0 aliphatic carbocycles. The van der Waals surface area contributed by atoms with Crippen LogP contribution in [0.15, 0.2) is 41.3 Å². The van der Waals surface area contributed by atoms with E-state index in [1.54, 1.807) is 25.3 Å². The Morgan fingerprint density at radius 2 is 2.00 bits per heavy atom. The van der Waals surface area contributed by atoms with E-state index in [4.69, 9.17) is 9.47 Å². The number of benzene rings is 2. The third kappa shape index (κ3) is 2.95. The van der Waals surface area contributed by atoms with Crippen LogP contribution in [-0.2, 0) is 14.8 Å². The number of methoxy groups -OCH3 is 1. The van der Waals surface area contributed by atoms with Gasteiger partial charge in [0.05, 0.1) is 18.1 Å². The van der Waals surface area contributed by atoms with Crippen LogP contribution in [-0.4, -0.2) is 34.8 Å². The van der Waals surface area contributed by atoms with Gasteiger partial charge in [-0.3, -0.25) is 0 Å². The molecule has 3 rings (SSSR count). The highest BCUT2D eigenvalue weighted by Crippen LogP contribution is 2.30. The van der Waals surface area contributed by atoms with Crippen LogP contribution in [0.4, 0.5) is 0 Å². The minimum atomic E-state index is -3.58. The van der Waals surface area contributed by atoms with E-state index in [0.717, 1.165) is 18.2 Å². The van der Waals surface area contributed by atoms with Crippen molar-refractivity contribution in [3.63, 3.8) is 0 Å². The molecule has 0 unspecified atom stereocenters. The van der Waals surface area contributed by atoms with Crippen LogP contribution in [0.25, 0.3) is 10.8 Å². The molecule has 0 saturated carbocycles. The van der Waals surface area contributed by atoms with Gasteiger partial charge in [0.2, 0.25) is 10.0 Å². The molecule has 118 valence electrons. The smallest absolute Gasteiger partial charge is 0.241 e. The molecular weight excluding hydrogens is 302 g/mol. The predicted molar refractivity (Wildman–Crippen MR) is 84.7 cm³/mol. The van der Waals surface area contributed by atoms with Gasteiger partial charge in [-0.2, -0.15) is 0 Å². The molecule has 0 spiro atoms. The van der Waals surface area contributed by atoms with E-state index in [9.17, 15) is 8.42 Å². The van der Waals surface area contributed by atoms with Gasteiger partial charge in [0.15, 0.2) is 0 Å². The van der Waals surface area contributed by atoms with Crippen LogP contribution < -0.4 is 9.46 Å². The summed E-state index contributed by atoms with van der Waals surface area (Å²) in [6.45, 7) is 1.01. The van der Waals surface area contributed by atoms with Gasteiger partial charge in [-0.15, -0.1) is 0 Å². The summed E-state index contributed by atoms with van der Waals surface area (Å²) < 4.78 is 38.6. The molecule has 0 amide bonds. The first-order chi connectivity index (χ1) is 10.6. The van der Waals surface area contributed by atoms with Crippen molar-refractivity contribution in [2.45, 2.75) is 23.8 Å². The molecule has 6 heteroatoms. The van der Waals surface area contributed by atoms with Gasteiger partial charge in [-0.05, 0) is 25.0 Å². The Morgan fingerprint density at radius 1 is 1.23 bits per heavy atom. The largest absolute Gasteiger partial charge is 0.496 e. The topological polar surface area (TPSA) is 64.6 Å². The first-order valence-corrected chi connectivity index (χ1v) is 8.77. The third-order valence-corrected chi connectivity index (χ3v) is 5.36. The summed E-state index contributed by atoms with van der Waals surface area (Å²) in [6, 6.07) is 10.6. The predicted octanol–water partition coefficient (Wildman–Crippen LogP) is 2.31. The van der Waals surface area contributed by atoms with Crippen molar-refractivity contribution in [2.75, 3.05) is 20.3 Å². The summed E-state index contributed by atoms with van der Waals surface area (Å²) in [6.07, 6.45) is 1.85. The first kappa shape index (κ1) is 15.3. The minimum Gasteiger partial charge on any atom is -0.496 e. The van der Waals surface area contributed by atoms with Gasteiger partial charge in [0, 0.05) is 23.9 Å². The van der Waals surface area contributed by atoms with E-state index < -0.39 is 10.0 Å². The number of hydrogen-bond donors (Lipinski definition) is 1. The molecule has 1 heterocycles. The van der Waals surface area contributed by atoms with E-state index in [0.29, 0.717) is 24.3 Å².